The Morgan fingerprint density at radius 2 is 2.10 bits per heavy atom. The Hall–Kier alpha value is 0.270. The predicted molar refractivity (Wildman–Crippen MR) is 91.3 cm³/mol. The summed E-state index contributed by atoms with van der Waals surface area (Å²) in [6.07, 6.45) is 6.83. The Kier molecular flexibility index (Phi) is 5.47. The van der Waals surface area contributed by atoms with Crippen LogP contribution in [0.25, 0.3) is 0 Å². The second kappa shape index (κ2) is 6.58. The highest BCUT2D eigenvalue weighted by Crippen LogP contribution is 2.42. The molecule has 2 rings (SSSR count). The van der Waals surface area contributed by atoms with Gasteiger partial charge >= 0.3 is 0 Å². The normalized spacial score (nSPS) is 35.4. The lowest BCUT2D eigenvalue weighted by Gasteiger charge is -2.52. The zero-order valence-electron chi connectivity index (χ0n) is 14.0. The topological polar surface area (TPSA) is 29.3 Å². The van der Waals surface area contributed by atoms with Gasteiger partial charge in [-0.3, -0.25) is 4.90 Å². The van der Waals surface area contributed by atoms with Crippen molar-refractivity contribution in [3.8, 4) is 0 Å². The molecule has 1 saturated heterocycles. The third-order valence-electron chi connectivity index (χ3n) is 5.20. The fourth-order valence-electron chi connectivity index (χ4n) is 4.35. The van der Waals surface area contributed by atoms with Crippen molar-refractivity contribution >= 4 is 11.8 Å². The highest BCUT2D eigenvalue weighted by molar-refractivity contribution is 8.00. The van der Waals surface area contributed by atoms with Crippen molar-refractivity contribution in [3.63, 3.8) is 0 Å². The van der Waals surface area contributed by atoms with Crippen LogP contribution in [0.15, 0.2) is 0 Å². The Morgan fingerprint density at radius 1 is 1.35 bits per heavy atom. The molecule has 20 heavy (non-hydrogen) atoms. The molecule has 0 spiro atoms. The fourth-order valence-corrected chi connectivity index (χ4v) is 5.46. The van der Waals surface area contributed by atoms with Gasteiger partial charge in [0.1, 0.15) is 0 Å². The Morgan fingerprint density at radius 3 is 2.70 bits per heavy atom. The van der Waals surface area contributed by atoms with Crippen LogP contribution in [0.1, 0.15) is 59.8 Å². The van der Waals surface area contributed by atoms with Crippen molar-refractivity contribution in [1.82, 2.24) is 4.90 Å². The summed E-state index contributed by atoms with van der Waals surface area (Å²) < 4.78 is 0.394. The van der Waals surface area contributed by atoms with Crippen molar-refractivity contribution in [1.29, 1.82) is 0 Å². The van der Waals surface area contributed by atoms with Crippen molar-refractivity contribution in [2.75, 3.05) is 25.4 Å². The van der Waals surface area contributed by atoms with Gasteiger partial charge in [-0.2, -0.15) is 11.8 Å². The van der Waals surface area contributed by atoms with Gasteiger partial charge in [-0.15, -0.1) is 0 Å². The summed E-state index contributed by atoms with van der Waals surface area (Å²) in [5, 5.41) is 0. The van der Waals surface area contributed by atoms with Gasteiger partial charge in [-0.05, 0) is 44.9 Å². The largest absolute Gasteiger partial charge is 0.329 e. The van der Waals surface area contributed by atoms with Gasteiger partial charge in [0.15, 0.2) is 0 Å². The molecule has 2 aliphatic rings. The van der Waals surface area contributed by atoms with Crippen LogP contribution in [0, 0.1) is 11.8 Å². The van der Waals surface area contributed by atoms with Crippen LogP contribution in [0.5, 0.6) is 0 Å². The molecule has 2 atom stereocenters. The fraction of sp³-hybridized carbons (Fsp3) is 1.00. The lowest BCUT2D eigenvalue weighted by molar-refractivity contribution is 0.0279. The van der Waals surface area contributed by atoms with E-state index in [1.807, 2.05) is 0 Å². The second-order valence-corrected chi connectivity index (χ2v) is 9.85. The first-order valence-electron chi connectivity index (χ1n) is 8.46. The van der Waals surface area contributed by atoms with E-state index in [2.05, 4.69) is 44.4 Å². The van der Waals surface area contributed by atoms with Crippen LogP contribution in [-0.4, -0.2) is 40.6 Å². The molecule has 2 fully saturated rings. The summed E-state index contributed by atoms with van der Waals surface area (Å²) in [6.45, 7) is 12.8. The Labute approximate surface area is 130 Å². The van der Waals surface area contributed by atoms with Crippen molar-refractivity contribution in [2.24, 2.45) is 17.6 Å². The molecule has 0 aromatic rings. The third-order valence-corrected chi connectivity index (χ3v) is 6.50. The van der Waals surface area contributed by atoms with Gasteiger partial charge in [0.2, 0.25) is 0 Å². The highest BCUT2D eigenvalue weighted by atomic mass is 32.2. The minimum absolute atomic E-state index is 0.302. The summed E-state index contributed by atoms with van der Waals surface area (Å²) in [4.78, 5) is 2.76. The van der Waals surface area contributed by atoms with Crippen LogP contribution in [0.3, 0.4) is 0 Å². The molecule has 1 saturated carbocycles. The molecular weight excluding hydrogens is 264 g/mol. The maximum Gasteiger partial charge on any atom is 0.0335 e. The quantitative estimate of drug-likeness (QED) is 0.857. The van der Waals surface area contributed by atoms with Crippen LogP contribution in [0.2, 0.25) is 0 Å². The Bertz CT molecular complexity index is 316. The average Bonchev–Trinajstić information content (AvgIpc) is 2.37. The monoisotopic (exact) mass is 298 g/mol. The molecule has 0 bridgehead atoms. The van der Waals surface area contributed by atoms with Gasteiger partial charge in [0, 0.05) is 35.7 Å². The standard InChI is InChI=1S/C17H34N2S/c1-14(2)10-15-6-5-7-17(11-15,12-18)19-8-9-20-16(3,4)13-19/h14-15H,5-13,18H2,1-4H3. The molecule has 2 unspecified atom stereocenters. The van der Waals surface area contributed by atoms with Crippen LogP contribution in [-0.2, 0) is 0 Å². The smallest absolute Gasteiger partial charge is 0.0335 e. The second-order valence-electron chi connectivity index (χ2n) is 8.05. The molecule has 0 radical (unpaired) electrons. The zero-order chi connectivity index (χ0) is 14.8. The number of nitrogens with zero attached hydrogens (tertiary/aromatic N) is 1. The van der Waals surface area contributed by atoms with Crippen molar-refractivity contribution in [2.45, 2.75) is 70.1 Å². The van der Waals surface area contributed by atoms with E-state index in [1.54, 1.807) is 0 Å². The highest BCUT2D eigenvalue weighted by Gasteiger charge is 2.43. The first kappa shape index (κ1) is 16.6. The molecule has 0 aromatic heterocycles. The molecule has 0 amide bonds. The van der Waals surface area contributed by atoms with E-state index in [0.717, 1.165) is 18.4 Å². The third kappa shape index (κ3) is 3.92. The van der Waals surface area contributed by atoms with E-state index >= 15 is 0 Å². The SMILES string of the molecule is CC(C)CC1CCCC(CN)(N2CCSC(C)(C)C2)C1. The maximum absolute atomic E-state index is 6.30. The number of hydrogen-bond donors (Lipinski definition) is 1. The lowest BCUT2D eigenvalue weighted by atomic mass is 9.72. The van der Waals surface area contributed by atoms with E-state index in [1.165, 1.54) is 50.9 Å². The molecule has 2 N–H and O–H groups in total. The summed E-state index contributed by atoms with van der Waals surface area (Å²) >= 11 is 2.13. The maximum atomic E-state index is 6.30. The van der Waals surface area contributed by atoms with Crippen molar-refractivity contribution in [3.05, 3.63) is 0 Å². The lowest BCUT2D eigenvalue weighted by Crippen LogP contribution is -2.61. The minimum atomic E-state index is 0.302. The van der Waals surface area contributed by atoms with Gasteiger partial charge < -0.3 is 5.73 Å². The summed E-state index contributed by atoms with van der Waals surface area (Å²) in [7, 11) is 0. The Balaban J connectivity index is 2.07. The molecule has 0 aromatic carbocycles. The van der Waals surface area contributed by atoms with E-state index < -0.39 is 0 Å². The number of rotatable bonds is 4. The van der Waals surface area contributed by atoms with Crippen molar-refractivity contribution < 1.29 is 0 Å². The van der Waals surface area contributed by atoms with E-state index in [0.29, 0.717) is 10.3 Å². The summed E-state index contributed by atoms with van der Waals surface area (Å²) in [5.41, 5.74) is 6.60. The van der Waals surface area contributed by atoms with E-state index in [-0.39, 0.29) is 0 Å². The summed E-state index contributed by atoms with van der Waals surface area (Å²) in [6, 6.07) is 0. The number of hydrogen-bond acceptors (Lipinski definition) is 3. The van der Waals surface area contributed by atoms with Gasteiger partial charge in [0.25, 0.3) is 0 Å². The predicted octanol–water partition coefficient (Wildman–Crippen LogP) is 3.75. The summed E-state index contributed by atoms with van der Waals surface area (Å²) in [5.74, 6) is 2.98. The number of nitrogens with two attached hydrogens (primary N) is 1. The van der Waals surface area contributed by atoms with Gasteiger partial charge in [-0.1, -0.05) is 26.7 Å². The number of thioether (sulfide) groups is 1. The van der Waals surface area contributed by atoms with Gasteiger partial charge in [0.05, 0.1) is 0 Å². The molecule has 1 aliphatic carbocycles. The molecule has 2 nitrogen and oxygen atoms in total. The minimum Gasteiger partial charge on any atom is -0.329 e. The van der Waals surface area contributed by atoms with E-state index in [4.69, 9.17) is 5.73 Å². The first-order valence-corrected chi connectivity index (χ1v) is 9.44. The van der Waals surface area contributed by atoms with Gasteiger partial charge in [-0.25, -0.2) is 0 Å². The molecule has 1 aliphatic heterocycles. The molecule has 3 heteroatoms. The van der Waals surface area contributed by atoms with Crippen LogP contribution >= 0.6 is 11.8 Å². The van der Waals surface area contributed by atoms with Crippen LogP contribution in [0.4, 0.5) is 0 Å². The van der Waals surface area contributed by atoms with Crippen LogP contribution < -0.4 is 5.73 Å². The first-order chi connectivity index (χ1) is 9.37. The molecule has 1 heterocycles. The zero-order valence-corrected chi connectivity index (χ0v) is 14.8. The molecule has 118 valence electrons. The average molecular weight is 299 g/mol. The van der Waals surface area contributed by atoms with E-state index in [9.17, 15) is 0 Å². The molecular formula is C17H34N2S.